The van der Waals surface area contributed by atoms with E-state index in [0.29, 0.717) is 34.0 Å². The summed E-state index contributed by atoms with van der Waals surface area (Å²) in [5, 5.41) is 3.37. The second-order valence-corrected chi connectivity index (χ2v) is 7.85. The lowest BCUT2D eigenvalue weighted by atomic mass is 10.1. The van der Waals surface area contributed by atoms with Crippen LogP contribution >= 0.6 is 27.5 Å². The molecule has 2 rings (SSSR count). The molecular formula is C22H26BrClN2O4. The summed E-state index contributed by atoms with van der Waals surface area (Å²) in [5.74, 6) is 0.703. The van der Waals surface area contributed by atoms with Crippen LogP contribution in [0.25, 0.3) is 0 Å². The summed E-state index contributed by atoms with van der Waals surface area (Å²) in [6, 6.07) is 11.9. The number of likely N-dealkylation sites (N-methyl/N-ethyl adjacent to an activating group) is 1. The predicted octanol–water partition coefficient (Wildman–Crippen LogP) is 4.43. The highest BCUT2D eigenvalue weighted by Gasteiger charge is 2.28. The number of hydrogen-bond acceptors (Lipinski definition) is 4. The Morgan fingerprint density at radius 3 is 2.60 bits per heavy atom. The lowest BCUT2D eigenvalue weighted by Gasteiger charge is -2.30. The lowest BCUT2D eigenvalue weighted by Crippen LogP contribution is -2.50. The highest BCUT2D eigenvalue weighted by Crippen LogP contribution is 2.28. The van der Waals surface area contributed by atoms with Gasteiger partial charge in [-0.1, -0.05) is 30.7 Å². The normalized spacial score (nSPS) is 11.5. The van der Waals surface area contributed by atoms with Crippen molar-refractivity contribution in [3.05, 3.63) is 57.5 Å². The van der Waals surface area contributed by atoms with E-state index in [0.717, 1.165) is 5.56 Å². The highest BCUT2D eigenvalue weighted by atomic mass is 79.9. The molecule has 0 fully saturated rings. The van der Waals surface area contributed by atoms with Gasteiger partial charge in [0.2, 0.25) is 5.91 Å². The van der Waals surface area contributed by atoms with Gasteiger partial charge in [0, 0.05) is 18.1 Å². The van der Waals surface area contributed by atoms with Crippen molar-refractivity contribution < 1.29 is 19.1 Å². The largest absolute Gasteiger partial charge is 0.497 e. The highest BCUT2D eigenvalue weighted by molar-refractivity contribution is 9.10. The quantitative estimate of drug-likeness (QED) is 0.527. The van der Waals surface area contributed by atoms with Crippen molar-refractivity contribution in [2.24, 2.45) is 0 Å². The van der Waals surface area contributed by atoms with Gasteiger partial charge in [0.15, 0.2) is 6.61 Å². The van der Waals surface area contributed by atoms with Crippen LogP contribution in [0.15, 0.2) is 46.9 Å². The molecule has 0 unspecified atom stereocenters. The zero-order chi connectivity index (χ0) is 22.1. The Balaban J connectivity index is 2.23. The summed E-state index contributed by atoms with van der Waals surface area (Å²) < 4.78 is 11.6. The van der Waals surface area contributed by atoms with E-state index in [-0.39, 0.29) is 25.0 Å². The van der Waals surface area contributed by atoms with Gasteiger partial charge in [0.05, 0.1) is 11.6 Å². The molecule has 0 heterocycles. The van der Waals surface area contributed by atoms with Crippen LogP contribution in [0.5, 0.6) is 11.5 Å². The Hall–Kier alpha value is -2.25. The Kier molecular flexibility index (Phi) is 9.46. The van der Waals surface area contributed by atoms with Crippen molar-refractivity contribution >= 4 is 39.3 Å². The number of amides is 2. The first-order chi connectivity index (χ1) is 14.4. The zero-order valence-corrected chi connectivity index (χ0v) is 19.6. The maximum Gasteiger partial charge on any atom is 0.261 e. The molecule has 0 aromatic heterocycles. The monoisotopic (exact) mass is 496 g/mol. The van der Waals surface area contributed by atoms with E-state index in [1.807, 2.05) is 38.1 Å². The van der Waals surface area contributed by atoms with Gasteiger partial charge in [-0.25, -0.2) is 0 Å². The van der Waals surface area contributed by atoms with Gasteiger partial charge in [-0.2, -0.15) is 0 Å². The molecule has 2 amide bonds. The molecule has 0 saturated heterocycles. The summed E-state index contributed by atoms with van der Waals surface area (Å²) >= 11 is 9.33. The number of rotatable bonds is 10. The minimum atomic E-state index is -0.610. The molecule has 30 heavy (non-hydrogen) atoms. The van der Waals surface area contributed by atoms with Crippen LogP contribution in [-0.2, 0) is 16.1 Å². The molecule has 1 N–H and O–H groups in total. The van der Waals surface area contributed by atoms with Gasteiger partial charge in [-0.3, -0.25) is 9.59 Å². The summed E-state index contributed by atoms with van der Waals surface area (Å²) in [7, 11) is 1.59. The second-order valence-electron chi connectivity index (χ2n) is 6.56. The molecule has 0 aliphatic rings. The number of nitrogens with one attached hydrogen (secondary N) is 1. The zero-order valence-electron chi connectivity index (χ0n) is 17.3. The summed E-state index contributed by atoms with van der Waals surface area (Å²) in [4.78, 5) is 27.3. The van der Waals surface area contributed by atoms with E-state index in [9.17, 15) is 9.59 Å². The number of benzene rings is 2. The number of halogens is 2. The van der Waals surface area contributed by atoms with Crippen LogP contribution in [0.4, 0.5) is 0 Å². The Labute approximate surface area is 190 Å². The maximum atomic E-state index is 13.1. The minimum absolute atomic E-state index is 0.191. The fourth-order valence-corrected chi connectivity index (χ4v) is 3.79. The molecule has 162 valence electrons. The topological polar surface area (TPSA) is 67.9 Å². The number of methoxy groups -OCH3 is 1. The number of ether oxygens (including phenoxy) is 2. The Morgan fingerprint density at radius 2 is 1.97 bits per heavy atom. The third-order valence-electron chi connectivity index (χ3n) is 4.47. The van der Waals surface area contributed by atoms with Crippen molar-refractivity contribution in [3.8, 4) is 11.5 Å². The first-order valence-corrected chi connectivity index (χ1v) is 10.8. The van der Waals surface area contributed by atoms with Crippen LogP contribution in [0.2, 0.25) is 5.02 Å². The van der Waals surface area contributed by atoms with E-state index < -0.39 is 6.04 Å². The SMILES string of the molecule is CCNC(=O)[C@@H](CC)N(Cc1cccc(OC)c1)C(=O)COc1ccc(Cl)cc1Br. The van der Waals surface area contributed by atoms with E-state index in [2.05, 4.69) is 21.2 Å². The molecule has 0 aliphatic carbocycles. The molecule has 2 aromatic rings. The van der Waals surface area contributed by atoms with Crippen LogP contribution in [0.3, 0.4) is 0 Å². The molecule has 8 heteroatoms. The van der Waals surface area contributed by atoms with Crippen molar-refractivity contribution in [2.75, 3.05) is 20.3 Å². The van der Waals surface area contributed by atoms with Crippen molar-refractivity contribution in [3.63, 3.8) is 0 Å². The van der Waals surface area contributed by atoms with E-state index >= 15 is 0 Å². The average Bonchev–Trinajstić information content (AvgIpc) is 2.73. The molecule has 1 atom stereocenters. The molecule has 2 aromatic carbocycles. The lowest BCUT2D eigenvalue weighted by molar-refractivity contribution is -0.142. The van der Waals surface area contributed by atoms with Crippen molar-refractivity contribution in [1.29, 1.82) is 0 Å². The summed E-state index contributed by atoms with van der Waals surface area (Å²) in [5.41, 5.74) is 0.859. The van der Waals surface area contributed by atoms with Gasteiger partial charge in [0.25, 0.3) is 5.91 Å². The van der Waals surface area contributed by atoms with Crippen molar-refractivity contribution in [1.82, 2.24) is 10.2 Å². The van der Waals surface area contributed by atoms with E-state index in [1.54, 1.807) is 30.2 Å². The average molecular weight is 498 g/mol. The van der Waals surface area contributed by atoms with Gasteiger partial charge in [0.1, 0.15) is 17.5 Å². The van der Waals surface area contributed by atoms with Crippen LogP contribution in [0, 0.1) is 0 Å². The van der Waals surface area contributed by atoms with Crippen LogP contribution < -0.4 is 14.8 Å². The molecular weight excluding hydrogens is 472 g/mol. The fraction of sp³-hybridized carbons (Fsp3) is 0.364. The molecule has 0 aliphatic heterocycles. The van der Waals surface area contributed by atoms with Gasteiger partial charge in [-0.15, -0.1) is 0 Å². The van der Waals surface area contributed by atoms with Crippen molar-refractivity contribution in [2.45, 2.75) is 32.9 Å². The summed E-state index contributed by atoms with van der Waals surface area (Å²) in [6.45, 7) is 4.27. The number of nitrogens with zero attached hydrogens (tertiary/aromatic N) is 1. The maximum absolute atomic E-state index is 13.1. The standard InChI is InChI=1S/C22H26BrClN2O4/c1-4-19(22(28)25-5-2)26(13-15-7-6-8-17(11-15)29-3)21(27)14-30-20-10-9-16(24)12-18(20)23/h6-12,19H,4-5,13-14H2,1-3H3,(H,25,28)/t19-/m1/s1. The fourth-order valence-electron chi connectivity index (χ4n) is 2.99. The minimum Gasteiger partial charge on any atom is -0.497 e. The van der Waals surface area contributed by atoms with E-state index in [4.69, 9.17) is 21.1 Å². The number of hydrogen-bond donors (Lipinski definition) is 1. The third kappa shape index (κ3) is 6.64. The first kappa shape index (κ1) is 24.0. The third-order valence-corrected chi connectivity index (χ3v) is 5.32. The van der Waals surface area contributed by atoms with E-state index in [1.165, 1.54) is 0 Å². The molecule has 0 spiro atoms. The smallest absolute Gasteiger partial charge is 0.261 e. The second kappa shape index (κ2) is 11.8. The molecule has 6 nitrogen and oxygen atoms in total. The molecule has 0 bridgehead atoms. The Morgan fingerprint density at radius 1 is 1.20 bits per heavy atom. The molecule has 0 radical (unpaired) electrons. The van der Waals surface area contributed by atoms with Gasteiger partial charge < -0.3 is 19.7 Å². The number of carbonyl (C=O) groups excluding carboxylic acids is 2. The number of carbonyl (C=O) groups is 2. The first-order valence-electron chi connectivity index (χ1n) is 9.67. The van der Waals surface area contributed by atoms with Gasteiger partial charge >= 0.3 is 0 Å². The predicted molar refractivity (Wildman–Crippen MR) is 121 cm³/mol. The molecule has 0 saturated carbocycles. The summed E-state index contributed by atoms with van der Waals surface area (Å²) in [6.07, 6.45) is 0.478. The van der Waals surface area contributed by atoms with Gasteiger partial charge in [-0.05, 0) is 65.2 Å². The Bertz CT molecular complexity index is 878. The van der Waals surface area contributed by atoms with Crippen LogP contribution in [0.1, 0.15) is 25.8 Å². The van der Waals surface area contributed by atoms with Crippen LogP contribution in [-0.4, -0.2) is 43.0 Å².